The number of halogens is 1. The molecule has 43 heavy (non-hydrogen) atoms. The normalized spacial score (nSPS) is 11.9. The molecule has 0 unspecified atom stereocenters. The van der Waals surface area contributed by atoms with Gasteiger partial charge >= 0.3 is 0 Å². The lowest BCUT2D eigenvalue weighted by molar-refractivity contribution is 0.0954. The van der Waals surface area contributed by atoms with Gasteiger partial charge in [-0.1, -0.05) is 62.7 Å². The third-order valence-electron chi connectivity index (χ3n) is 7.90. The van der Waals surface area contributed by atoms with Crippen LogP contribution >= 0.6 is 11.6 Å². The molecule has 1 heterocycles. The van der Waals surface area contributed by atoms with Crippen LogP contribution in [0.5, 0.6) is 0 Å². The molecule has 0 aliphatic carbocycles. The van der Waals surface area contributed by atoms with E-state index in [1.165, 1.54) is 35.5 Å². The van der Waals surface area contributed by atoms with Crippen molar-refractivity contribution in [2.24, 2.45) is 7.05 Å². The van der Waals surface area contributed by atoms with Crippen molar-refractivity contribution in [1.82, 2.24) is 14.7 Å². The lowest BCUT2D eigenvalue weighted by Crippen LogP contribution is -2.32. The Hall–Kier alpha value is -3.82. The summed E-state index contributed by atoms with van der Waals surface area (Å²) < 4.78 is 31.5. The summed E-state index contributed by atoms with van der Waals surface area (Å²) in [7, 11) is -1.19. The van der Waals surface area contributed by atoms with Gasteiger partial charge < -0.3 is 5.32 Å². The topological polar surface area (TPSA) is 93.4 Å². The van der Waals surface area contributed by atoms with E-state index in [4.69, 9.17) is 11.6 Å². The first-order valence-electron chi connectivity index (χ1n) is 14.1. The van der Waals surface area contributed by atoms with E-state index >= 15 is 0 Å². The Morgan fingerprint density at radius 2 is 1.58 bits per heavy atom. The number of para-hydroxylation sites is 1. The molecule has 0 aliphatic heterocycles. The fourth-order valence-electron chi connectivity index (χ4n) is 5.25. The van der Waals surface area contributed by atoms with E-state index in [2.05, 4.69) is 52.1 Å². The Morgan fingerprint density at radius 3 is 2.16 bits per heavy atom. The van der Waals surface area contributed by atoms with Crippen LogP contribution in [0.2, 0.25) is 5.02 Å². The van der Waals surface area contributed by atoms with Crippen LogP contribution in [-0.2, 0) is 28.9 Å². The highest BCUT2D eigenvalue weighted by Crippen LogP contribution is 2.28. The van der Waals surface area contributed by atoms with Gasteiger partial charge in [-0.25, -0.2) is 13.1 Å². The van der Waals surface area contributed by atoms with Crippen molar-refractivity contribution >= 4 is 33.2 Å². The molecule has 3 aromatic carbocycles. The lowest BCUT2D eigenvalue weighted by atomic mass is 9.83. The number of hydrogen-bond acceptors (Lipinski definition) is 4. The Balaban J connectivity index is 1.57. The molecule has 10 heteroatoms. The summed E-state index contributed by atoms with van der Waals surface area (Å²) in [6.45, 7) is 12.7. The maximum atomic E-state index is 13.7. The van der Waals surface area contributed by atoms with Crippen molar-refractivity contribution < 1.29 is 13.2 Å². The van der Waals surface area contributed by atoms with Crippen LogP contribution in [0.15, 0.2) is 70.4 Å². The summed E-state index contributed by atoms with van der Waals surface area (Å²) >= 11 is 6.36. The summed E-state index contributed by atoms with van der Waals surface area (Å²) in [5.74, 6) is -0.478. The van der Waals surface area contributed by atoms with Gasteiger partial charge in [-0.2, -0.15) is 0 Å². The molecule has 0 bridgehead atoms. The van der Waals surface area contributed by atoms with Crippen LogP contribution in [0.1, 0.15) is 59.1 Å². The summed E-state index contributed by atoms with van der Waals surface area (Å²) in [5, 5.41) is 3.01. The SMILES string of the molecule is Cc1cc(C(C)(C)C)cc(C)c1CCNC(=O)c1cc(S(=O)(=O)N(C)c2c(C)n(C)n(-c3ccccc3)c2=O)ccc1Cl. The maximum Gasteiger partial charge on any atom is 0.296 e. The first kappa shape index (κ1) is 32.1. The minimum atomic E-state index is -4.22. The summed E-state index contributed by atoms with van der Waals surface area (Å²) in [5.41, 5.74) is 5.43. The number of rotatable bonds is 8. The predicted octanol–water partition coefficient (Wildman–Crippen LogP) is 5.85. The monoisotopic (exact) mass is 622 g/mol. The third kappa shape index (κ3) is 6.28. The van der Waals surface area contributed by atoms with Crippen LogP contribution in [0, 0.1) is 20.8 Å². The first-order chi connectivity index (χ1) is 20.1. The number of aryl methyl sites for hydroxylation is 2. The van der Waals surface area contributed by atoms with Crippen LogP contribution in [-0.4, -0.2) is 37.3 Å². The van der Waals surface area contributed by atoms with Gasteiger partial charge in [-0.15, -0.1) is 0 Å². The predicted molar refractivity (Wildman–Crippen MR) is 173 cm³/mol. The number of sulfonamides is 1. The highest BCUT2D eigenvalue weighted by Gasteiger charge is 2.30. The summed E-state index contributed by atoms with van der Waals surface area (Å²) in [4.78, 5) is 26.5. The Bertz CT molecular complexity index is 1830. The molecule has 1 amide bonds. The molecule has 0 saturated heterocycles. The van der Waals surface area contributed by atoms with Crippen molar-refractivity contribution in [3.05, 3.63) is 110 Å². The number of aromatic nitrogens is 2. The van der Waals surface area contributed by atoms with Crippen molar-refractivity contribution in [3.8, 4) is 5.69 Å². The minimum Gasteiger partial charge on any atom is -0.352 e. The Kier molecular flexibility index (Phi) is 9.00. The van der Waals surface area contributed by atoms with E-state index in [0.717, 1.165) is 21.0 Å². The number of nitrogens with one attached hydrogen (secondary N) is 1. The van der Waals surface area contributed by atoms with E-state index in [-0.39, 0.29) is 26.6 Å². The molecule has 1 N–H and O–H groups in total. The van der Waals surface area contributed by atoms with Crippen LogP contribution in [0.4, 0.5) is 5.69 Å². The summed E-state index contributed by atoms with van der Waals surface area (Å²) in [6.07, 6.45) is 0.618. The van der Waals surface area contributed by atoms with Gasteiger partial charge in [0.1, 0.15) is 5.69 Å². The molecule has 8 nitrogen and oxygen atoms in total. The molecule has 0 fully saturated rings. The molecule has 228 valence electrons. The van der Waals surface area contributed by atoms with E-state index in [0.29, 0.717) is 24.3 Å². The van der Waals surface area contributed by atoms with Gasteiger partial charge in [0.2, 0.25) is 0 Å². The number of amides is 1. The maximum absolute atomic E-state index is 13.7. The van der Waals surface area contributed by atoms with Gasteiger partial charge in [0.25, 0.3) is 21.5 Å². The molecular weight excluding hydrogens is 584 g/mol. The first-order valence-corrected chi connectivity index (χ1v) is 15.9. The average molecular weight is 623 g/mol. The second kappa shape index (κ2) is 12.1. The molecule has 4 rings (SSSR count). The van der Waals surface area contributed by atoms with Gasteiger partial charge in [-0.05, 0) is 85.2 Å². The zero-order chi connectivity index (χ0) is 31.9. The van der Waals surface area contributed by atoms with E-state index < -0.39 is 21.5 Å². The Labute approximate surface area is 258 Å². The van der Waals surface area contributed by atoms with Gasteiger partial charge in [-0.3, -0.25) is 18.6 Å². The Morgan fingerprint density at radius 1 is 0.977 bits per heavy atom. The van der Waals surface area contributed by atoms with Crippen LogP contribution in [0.3, 0.4) is 0 Å². The third-order valence-corrected chi connectivity index (χ3v) is 9.99. The fourth-order valence-corrected chi connectivity index (χ4v) is 6.73. The van der Waals surface area contributed by atoms with Crippen LogP contribution in [0.25, 0.3) is 5.69 Å². The lowest BCUT2D eigenvalue weighted by Gasteiger charge is -2.22. The van der Waals surface area contributed by atoms with Gasteiger partial charge in [0.15, 0.2) is 0 Å². The second-order valence-electron chi connectivity index (χ2n) is 11.9. The second-order valence-corrected chi connectivity index (χ2v) is 14.2. The van der Waals surface area contributed by atoms with Gasteiger partial charge in [0.05, 0.1) is 26.9 Å². The zero-order valence-electron chi connectivity index (χ0n) is 25.9. The molecule has 0 spiro atoms. The van der Waals surface area contributed by atoms with Crippen molar-refractivity contribution in [1.29, 1.82) is 0 Å². The van der Waals surface area contributed by atoms with E-state index in [9.17, 15) is 18.0 Å². The molecule has 0 saturated carbocycles. The molecule has 0 atom stereocenters. The zero-order valence-corrected chi connectivity index (χ0v) is 27.5. The number of benzene rings is 3. The van der Waals surface area contributed by atoms with E-state index in [1.807, 2.05) is 6.07 Å². The number of carbonyl (C=O) groups excluding carboxylic acids is 1. The fraction of sp³-hybridized carbons (Fsp3) is 0.333. The smallest absolute Gasteiger partial charge is 0.296 e. The molecular formula is C33H39ClN4O4S. The number of hydrogen-bond donors (Lipinski definition) is 1. The van der Waals surface area contributed by atoms with Crippen molar-refractivity contribution in [2.45, 2.75) is 58.3 Å². The van der Waals surface area contributed by atoms with Crippen LogP contribution < -0.4 is 15.2 Å². The highest BCUT2D eigenvalue weighted by molar-refractivity contribution is 7.92. The van der Waals surface area contributed by atoms with Crippen molar-refractivity contribution in [2.75, 3.05) is 17.9 Å². The molecule has 0 aliphatic rings. The number of anilines is 1. The quantitative estimate of drug-likeness (QED) is 0.267. The number of nitrogens with zero attached hydrogens (tertiary/aromatic N) is 3. The van der Waals surface area contributed by atoms with Gasteiger partial charge in [0, 0.05) is 20.6 Å². The molecule has 0 radical (unpaired) electrons. The largest absolute Gasteiger partial charge is 0.352 e. The number of carbonyl (C=O) groups is 1. The minimum absolute atomic E-state index is 0.00974. The molecule has 1 aromatic heterocycles. The standard InChI is InChI=1S/C33H39ClN4O4S/c1-21-18-24(33(4,5)6)19-22(2)27(21)16-17-35-31(39)28-20-26(14-15-29(28)34)43(41,42)37(8)30-23(3)36(7)38(32(30)40)25-12-10-9-11-13-25/h9-15,18-20H,16-17H2,1-8H3,(H,35,39). The summed E-state index contributed by atoms with van der Waals surface area (Å²) in [6, 6.07) is 17.3. The average Bonchev–Trinajstić information content (AvgIpc) is 3.16. The van der Waals surface area contributed by atoms with Crippen molar-refractivity contribution in [3.63, 3.8) is 0 Å². The molecule has 4 aromatic rings. The van der Waals surface area contributed by atoms with E-state index in [1.54, 1.807) is 42.9 Å². The highest BCUT2D eigenvalue weighted by atomic mass is 35.5.